The van der Waals surface area contributed by atoms with Crippen molar-refractivity contribution < 1.29 is 4.74 Å². The molecule has 1 aliphatic carbocycles. The molecule has 3 N–H and O–H groups in total. The SMILES string of the molecule is CN=C(NCc1nc(-c2ccc(OC)cc2)n[nH]1)NCC1(c2cccc(Cl)c2)CC1.I. The Bertz CT molecular complexity index is 1030. The van der Waals surface area contributed by atoms with Crippen molar-refractivity contribution in [2.75, 3.05) is 20.7 Å². The minimum Gasteiger partial charge on any atom is -0.497 e. The first-order valence-corrected chi connectivity index (χ1v) is 10.3. The van der Waals surface area contributed by atoms with Crippen molar-refractivity contribution in [3.8, 4) is 17.1 Å². The highest BCUT2D eigenvalue weighted by Gasteiger charge is 2.44. The Hall–Kier alpha value is -2.33. The van der Waals surface area contributed by atoms with Crippen LogP contribution < -0.4 is 15.4 Å². The fourth-order valence-electron chi connectivity index (χ4n) is 3.42. The summed E-state index contributed by atoms with van der Waals surface area (Å²) in [6.45, 7) is 1.30. The van der Waals surface area contributed by atoms with Gasteiger partial charge in [0.05, 0.1) is 13.7 Å². The van der Waals surface area contributed by atoms with Crippen LogP contribution in [0.15, 0.2) is 53.5 Å². The number of H-pyrrole nitrogens is 1. The molecule has 0 atom stereocenters. The third-order valence-electron chi connectivity index (χ3n) is 5.41. The van der Waals surface area contributed by atoms with Crippen LogP contribution in [0.5, 0.6) is 5.75 Å². The van der Waals surface area contributed by atoms with Crippen molar-refractivity contribution in [2.45, 2.75) is 24.8 Å². The third-order valence-corrected chi connectivity index (χ3v) is 5.65. The Balaban J connectivity index is 0.00000272. The van der Waals surface area contributed by atoms with Crippen LogP contribution in [-0.4, -0.2) is 41.8 Å². The second-order valence-corrected chi connectivity index (χ2v) is 7.84. The lowest BCUT2D eigenvalue weighted by molar-refractivity contribution is 0.415. The summed E-state index contributed by atoms with van der Waals surface area (Å²) in [7, 11) is 3.41. The highest BCUT2D eigenvalue weighted by Crippen LogP contribution is 2.48. The van der Waals surface area contributed by atoms with Gasteiger partial charge in [0.1, 0.15) is 11.6 Å². The van der Waals surface area contributed by atoms with Crippen molar-refractivity contribution in [2.24, 2.45) is 4.99 Å². The number of aromatic amines is 1. The number of benzene rings is 2. The van der Waals surface area contributed by atoms with E-state index in [1.165, 1.54) is 5.56 Å². The maximum Gasteiger partial charge on any atom is 0.191 e. The van der Waals surface area contributed by atoms with Gasteiger partial charge in [0.25, 0.3) is 0 Å². The molecule has 4 rings (SSSR count). The summed E-state index contributed by atoms with van der Waals surface area (Å²) in [5.41, 5.74) is 2.34. The van der Waals surface area contributed by atoms with Crippen LogP contribution in [0.2, 0.25) is 5.02 Å². The molecule has 3 aromatic rings. The summed E-state index contributed by atoms with van der Waals surface area (Å²) in [5.74, 6) is 2.91. The number of hydrogen-bond acceptors (Lipinski definition) is 4. The largest absolute Gasteiger partial charge is 0.497 e. The fourth-order valence-corrected chi connectivity index (χ4v) is 3.61. The zero-order valence-electron chi connectivity index (χ0n) is 17.5. The van der Waals surface area contributed by atoms with Gasteiger partial charge in [-0.2, -0.15) is 5.10 Å². The number of nitrogens with zero attached hydrogens (tertiary/aromatic N) is 3. The molecule has 1 aromatic heterocycles. The monoisotopic (exact) mass is 552 g/mol. The lowest BCUT2D eigenvalue weighted by Gasteiger charge is -2.19. The van der Waals surface area contributed by atoms with E-state index < -0.39 is 0 Å². The molecule has 0 saturated heterocycles. The van der Waals surface area contributed by atoms with E-state index in [-0.39, 0.29) is 29.4 Å². The van der Waals surface area contributed by atoms with Crippen molar-refractivity contribution in [3.63, 3.8) is 0 Å². The first kappa shape index (κ1) is 23.3. The fraction of sp³-hybridized carbons (Fsp3) is 0.318. The van der Waals surface area contributed by atoms with Crippen molar-refractivity contribution >= 4 is 41.5 Å². The van der Waals surface area contributed by atoms with Crippen molar-refractivity contribution in [1.82, 2.24) is 25.8 Å². The van der Waals surface area contributed by atoms with Crippen molar-refractivity contribution in [3.05, 3.63) is 64.9 Å². The molecule has 0 radical (unpaired) electrons. The second kappa shape index (κ2) is 10.3. The summed E-state index contributed by atoms with van der Waals surface area (Å²) in [5, 5.41) is 14.8. The molecule has 0 amide bonds. The molecule has 2 aromatic carbocycles. The summed E-state index contributed by atoms with van der Waals surface area (Å²) in [6.07, 6.45) is 2.29. The van der Waals surface area contributed by atoms with Crippen LogP contribution in [0.25, 0.3) is 11.4 Å². The average Bonchev–Trinajstić information content (AvgIpc) is 3.43. The Morgan fingerprint density at radius 2 is 1.97 bits per heavy atom. The zero-order valence-corrected chi connectivity index (χ0v) is 20.6. The highest BCUT2D eigenvalue weighted by molar-refractivity contribution is 14.0. The van der Waals surface area contributed by atoms with E-state index in [1.54, 1.807) is 14.2 Å². The second-order valence-electron chi connectivity index (χ2n) is 7.40. The Morgan fingerprint density at radius 3 is 2.61 bits per heavy atom. The normalized spacial score (nSPS) is 14.5. The van der Waals surface area contributed by atoms with Gasteiger partial charge in [0.2, 0.25) is 0 Å². The molecule has 1 fully saturated rings. The standard InChI is InChI=1S/C22H25ClN6O.HI/c1-24-21(26-14-22(10-11-22)16-4-3-5-17(23)12-16)25-13-19-27-20(29-28-19)15-6-8-18(30-2)9-7-15;/h3-9,12H,10-11,13-14H2,1-2H3,(H2,24,25,26)(H,27,28,29);1H. The number of halogens is 2. The zero-order chi connectivity index (χ0) is 21.0. The minimum absolute atomic E-state index is 0. The third kappa shape index (κ3) is 5.68. The van der Waals surface area contributed by atoms with Crippen LogP contribution in [0, 0.1) is 0 Å². The van der Waals surface area contributed by atoms with E-state index in [0.29, 0.717) is 12.4 Å². The van der Waals surface area contributed by atoms with Gasteiger partial charge in [-0.05, 0) is 54.8 Å². The molecule has 31 heavy (non-hydrogen) atoms. The maximum absolute atomic E-state index is 6.17. The maximum atomic E-state index is 6.17. The molecule has 1 heterocycles. The molecular formula is C22H26ClIN6O. The first-order chi connectivity index (χ1) is 14.6. The van der Waals surface area contributed by atoms with Gasteiger partial charge in [-0.15, -0.1) is 24.0 Å². The molecule has 0 bridgehead atoms. The minimum atomic E-state index is 0. The van der Waals surface area contributed by atoms with Crippen LogP contribution >= 0.6 is 35.6 Å². The summed E-state index contributed by atoms with van der Waals surface area (Å²) < 4.78 is 5.19. The molecule has 164 valence electrons. The Morgan fingerprint density at radius 1 is 1.19 bits per heavy atom. The lowest BCUT2D eigenvalue weighted by Crippen LogP contribution is -2.41. The van der Waals surface area contributed by atoms with Gasteiger partial charge < -0.3 is 15.4 Å². The van der Waals surface area contributed by atoms with Gasteiger partial charge in [0.15, 0.2) is 11.8 Å². The molecule has 0 spiro atoms. The summed E-state index contributed by atoms with van der Waals surface area (Å²) in [4.78, 5) is 8.87. The van der Waals surface area contributed by atoms with Gasteiger partial charge in [0, 0.05) is 29.6 Å². The van der Waals surface area contributed by atoms with Gasteiger partial charge in [-0.25, -0.2) is 4.98 Å². The number of aliphatic imine (C=N–C) groups is 1. The van der Waals surface area contributed by atoms with Crippen LogP contribution in [0.4, 0.5) is 0 Å². The number of hydrogen-bond donors (Lipinski definition) is 3. The summed E-state index contributed by atoms with van der Waals surface area (Å²) in [6, 6.07) is 15.8. The number of methoxy groups -OCH3 is 1. The molecule has 0 aliphatic heterocycles. The highest BCUT2D eigenvalue weighted by atomic mass is 127. The van der Waals surface area contributed by atoms with E-state index >= 15 is 0 Å². The van der Waals surface area contributed by atoms with E-state index in [9.17, 15) is 0 Å². The smallest absolute Gasteiger partial charge is 0.191 e. The predicted octanol–water partition coefficient (Wildman–Crippen LogP) is 4.15. The van der Waals surface area contributed by atoms with Crippen LogP contribution in [0.3, 0.4) is 0 Å². The van der Waals surface area contributed by atoms with Gasteiger partial charge in [-0.1, -0.05) is 23.7 Å². The number of ether oxygens (including phenoxy) is 1. The Labute approximate surface area is 204 Å². The summed E-state index contributed by atoms with van der Waals surface area (Å²) >= 11 is 6.17. The lowest BCUT2D eigenvalue weighted by atomic mass is 9.96. The van der Waals surface area contributed by atoms with E-state index in [2.05, 4.69) is 42.9 Å². The van der Waals surface area contributed by atoms with Gasteiger partial charge >= 0.3 is 0 Å². The van der Waals surface area contributed by atoms with Crippen LogP contribution in [-0.2, 0) is 12.0 Å². The molecule has 7 nitrogen and oxygen atoms in total. The van der Waals surface area contributed by atoms with E-state index in [0.717, 1.165) is 47.5 Å². The molecular weight excluding hydrogens is 527 g/mol. The molecule has 0 unspecified atom stereocenters. The number of nitrogens with one attached hydrogen (secondary N) is 3. The molecule has 1 aliphatic rings. The van der Waals surface area contributed by atoms with E-state index in [1.807, 2.05) is 36.4 Å². The van der Waals surface area contributed by atoms with Crippen molar-refractivity contribution in [1.29, 1.82) is 0 Å². The number of guanidine groups is 1. The van der Waals surface area contributed by atoms with Crippen LogP contribution in [0.1, 0.15) is 24.2 Å². The quantitative estimate of drug-likeness (QED) is 0.233. The number of aromatic nitrogens is 3. The van der Waals surface area contributed by atoms with Gasteiger partial charge in [-0.3, -0.25) is 10.1 Å². The first-order valence-electron chi connectivity index (χ1n) is 9.88. The average molecular weight is 553 g/mol. The van der Waals surface area contributed by atoms with E-state index in [4.69, 9.17) is 16.3 Å². The molecule has 9 heteroatoms. The number of rotatable bonds is 7. The Kier molecular flexibility index (Phi) is 7.77. The predicted molar refractivity (Wildman–Crippen MR) is 134 cm³/mol. The molecule has 1 saturated carbocycles. The topological polar surface area (TPSA) is 87.2 Å².